The van der Waals surface area contributed by atoms with Gasteiger partial charge in [-0.2, -0.15) is 4.31 Å². The quantitative estimate of drug-likeness (QED) is 0.896. The average molecular weight is 362 g/mol. The van der Waals surface area contributed by atoms with Crippen LogP contribution >= 0.6 is 12.4 Å². The first-order valence-corrected chi connectivity index (χ1v) is 9.03. The highest BCUT2D eigenvalue weighted by Gasteiger charge is 2.38. The number of halogens is 1. The number of nitrogens with zero attached hydrogens (tertiary/aromatic N) is 2. The minimum atomic E-state index is -3.48. The summed E-state index contributed by atoms with van der Waals surface area (Å²) in [5.74, 6) is 0. The van der Waals surface area contributed by atoms with E-state index in [1.807, 2.05) is 45.8 Å². The van der Waals surface area contributed by atoms with Gasteiger partial charge in [-0.25, -0.2) is 8.42 Å². The van der Waals surface area contributed by atoms with Crippen LogP contribution in [0, 0.1) is 12.3 Å². The van der Waals surface area contributed by atoms with Gasteiger partial charge in [0, 0.05) is 38.9 Å². The Bertz CT molecular complexity index is 659. The second-order valence-electron chi connectivity index (χ2n) is 7.07. The molecule has 5 nitrogen and oxygen atoms in total. The maximum Gasteiger partial charge on any atom is 0.243 e. The van der Waals surface area contributed by atoms with Gasteiger partial charge in [0.05, 0.1) is 4.90 Å². The fraction of sp³-hybridized carbons (Fsp3) is 0.625. The number of sulfonamides is 1. The third kappa shape index (κ3) is 3.99. The summed E-state index contributed by atoms with van der Waals surface area (Å²) in [6.07, 6.45) is 0.693. The summed E-state index contributed by atoms with van der Waals surface area (Å²) in [5.41, 5.74) is 7.89. The molecule has 23 heavy (non-hydrogen) atoms. The van der Waals surface area contributed by atoms with Gasteiger partial charge >= 0.3 is 0 Å². The SMILES string of the molecule is Cc1ccc(S(=O)(=O)N2CCC(N)C(C)(C)C2)cc1N(C)C.Cl. The molecule has 2 rings (SSSR count). The highest BCUT2D eigenvalue weighted by molar-refractivity contribution is 7.89. The van der Waals surface area contributed by atoms with Gasteiger partial charge in [-0.05, 0) is 36.5 Å². The molecule has 1 fully saturated rings. The summed E-state index contributed by atoms with van der Waals surface area (Å²) in [6, 6.07) is 5.35. The highest BCUT2D eigenvalue weighted by atomic mass is 35.5. The average Bonchev–Trinajstić information content (AvgIpc) is 2.41. The Labute approximate surface area is 146 Å². The summed E-state index contributed by atoms with van der Waals surface area (Å²) in [4.78, 5) is 2.29. The summed E-state index contributed by atoms with van der Waals surface area (Å²) in [5, 5.41) is 0. The van der Waals surface area contributed by atoms with E-state index in [2.05, 4.69) is 0 Å². The van der Waals surface area contributed by atoms with Gasteiger partial charge in [0.25, 0.3) is 0 Å². The fourth-order valence-corrected chi connectivity index (χ4v) is 4.56. The fourth-order valence-electron chi connectivity index (χ4n) is 2.91. The molecule has 0 aliphatic carbocycles. The third-order valence-corrected chi connectivity index (χ3v) is 6.42. The van der Waals surface area contributed by atoms with Gasteiger partial charge in [-0.3, -0.25) is 0 Å². The Balaban J connectivity index is 0.00000264. The molecule has 0 aromatic heterocycles. The van der Waals surface area contributed by atoms with Gasteiger partial charge in [-0.1, -0.05) is 19.9 Å². The van der Waals surface area contributed by atoms with Crippen LogP contribution in [-0.4, -0.2) is 45.9 Å². The highest BCUT2D eigenvalue weighted by Crippen LogP contribution is 2.32. The molecular weight excluding hydrogens is 334 g/mol. The molecule has 1 aliphatic heterocycles. The lowest BCUT2D eigenvalue weighted by Crippen LogP contribution is -2.53. The van der Waals surface area contributed by atoms with Crippen molar-refractivity contribution in [3.63, 3.8) is 0 Å². The predicted molar refractivity (Wildman–Crippen MR) is 97.9 cm³/mol. The number of hydrogen-bond acceptors (Lipinski definition) is 4. The normalized spacial score (nSPS) is 21.6. The zero-order valence-electron chi connectivity index (χ0n) is 14.5. The molecule has 1 heterocycles. The first kappa shape index (κ1) is 20.2. The van der Waals surface area contributed by atoms with E-state index in [0.717, 1.165) is 11.3 Å². The lowest BCUT2D eigenvalue weighted by molar-refractivity contribution is 0.155. The lowest BCUT2D eigenvalue weighted by Gasteiger charge is -2.41. The molecule has 132 valence electrons. The van der Waals surface area contributed by atoms with Gasteiger partial charge in [0.1, 0.15) is 0 Å². The van der Waals surface area contributed by atoms with Crippen LogP contribution in [0.3, 0.4) is 0 Å². The van der Waals surface area contributed by atoms with Crippen molar-refractivity contribution in [2.45, 2.75) is 38.1 Å². The number of piperidine rings is 1. The smallest absolute Gasteiger partial charge is 0.243 e. The minimum Gasteiger partial charge on any atom is -0.377 e. The zero-order valence-corrected chi connectivity index (χ0v) is 16.2. The molecule has 1 unspecified atom stereocenters. The summed E-state index contributed by atoms with van der Waals surface area (Å²) >= 11 is 0. The minimum absolute atomic E-state index is 0. The molecule has 0 saturated carbocycles. The van der Waals surface area contributed by atoms with E-state index in [0.29, 0.717) is 24.4 Å². The van der Waals surface area contributed by atoms with E-state index in [4.69, 9.17) is 5.73 Å². The molecule has 0 bridgehead atoms. The van der Waals surface area contributed by atoms with Gasteiger partial charge < -0.3 is 10.6 Å². The van der Waals surface area contributed by atoms with Crippen LogP contribution in [0.5, 0.6) is 0 Å². The first-order valence-electron chi connectivity index (χ1n) is 7.59. The number of benzene rings is 1. The van der Waals surface area contributed by atoms with Crippen LogP contribution in [0.25, 0.3) is 0 Å². The van der Waals surface area contributed by atoms with Gasteiger partial charge in [0.2, 0.25) is 10.0 Å². The van der Waals surface area contributed by atoms with E-state index in [1.165, 1.54) is 0 Å². The summed E-state index contributed by atoms with van der Waals surface area (Å²) in [7, 11) is 0.359. The van der Waals surface area contributed by atoms with Crippen molar-refractivity contribution in [1.29, 1.82) is 0 Å². The van der Waals surface area contributed by atoms with Crippen LogP contribution in [0.4, 0.5) is 5.69 Å². The number of aryl methyl sites for hydroxylation is 1. The number of hydrogen-bond donors (Lipinski definition) is 1. The van der Waals surface area contributed by atoms with E-state index in [-0.39, 0.29) is 23.9 Å². The molecular formula is C16H28ClN3O2S. The van der Waals surface area contributed by atoms with Crippen LogP contribution in [0.2, 0.25) is 0 Å². The Morgan fingerprint density at radius 3 is 2.43 bits per heavy atom. The Hall–Kier alpha value is -0.820. The standard InChI is InChI=1S/C16H27N3O2S.ClH/c1-12-6-7-13(10-14(12)18(4)5)22(20,21)19-9-8-15(17)16(2,3)11-19;/h6-7,10,15H,8-9,11,17H2,1-5H3;1H. The van der Waals surface area contributed by atoms with Crippen LogP contribution in [-0.2, 0) is 10.0 Å². The molecule has 0 radical (unpaired) electrons. The molecule has 2 N–H and O–H groups in total. The van der Waals surface area contributed by atoms with Crippen molar-refractivity contribution in [3.05, 3.63) is 23.8 Å². The Morgan fingerprint density at radius 1 is 1.30 bits per heavy atom. The van der Waals surface area contributed by atoms with Crippen LogP contribution < -0.4 is 10.6 Å². The monoisotopic (exact) mass is 361 g/mol. The maximum absolute atomic E-state index is 12.9. The molecule has 1 atom stereocenters. The molecule has 0 spiro atoms. The second kappa shape index (κ2) is 6.97. The first-order chi connectivity index (χ1) is 10.1. The number of rotatable bonds is 3. The number of nitrogens with two attached hydrogens (primary N) is 1. The van der Waals surface area contributed by atoms with Crippen molar-refractivity contribution in [2.75, 3.05) is 32.1 Å². The molecule has 1 aliphatic rings. The molecule has 1 aromatic rings. The number of anilines is 1. The lowest BCUT2D eigenvalue weighted by atomic mass is 9.81. The van der Waals surface area contributed by atoms with Crippen molar-refractivity contribution in [3.8, 4) is 0 Å². The largest absolute Gasteiger partial charge is 0.377 e. The molecule has 1 aromatic carbocycles. The van der Waals surface area contributed by atoms with Crippen molar-refractivity contribution >= 4 is 28.1 Å². The molecule has 1 saturated heterocycles. The molecule has 7 heteroatoms. The second-order valence-corrected chi connectivity index (χ2v) is 9.00. The summed E-state index contributed by atoms with van der Waals surface area (Å²) in [6.45, 7) is 6.98. The summed E-state index contributed by atoms with van der Waals surface area (Å²) < 4.78 is 27.4. The Kier molecular flexibility index (Phi) is 6.13. The van der Waals surface area contributed by atoms with Crippen LogP contribution in [0.1, 0.15) is 25.8 Å². The van der Waals surface area contributed by atoms with E-state index in [1.54, 1.807) is 16.4 Å². The van der Waals surface area contributed by atoms with Crippen molar-refractivity contribution in [1.82, 2.24) is 4.31 Å². The third-order valence-electron chi connectivity index (χ3n) is 4.58. The van der Waals surface area contributed by atoms with E-state index in [9.17, 15) is 8.42 Å². The predicted octanol–water partition coefficient (Wildman–Crippen LogP) is 2.23. The van der Waals surface area contributed by atoms with Crippen LogP contribution in [0.15, 0.2) is 23.1 Å². The van der Waals surface area contributed by atoms with Gasteiger partial charge in [-0.15, -0.1) is 12.4 Å². The topological polar surface area (TPSA) is 66.6 Å². The van der Waals surface area contributed by atoms with Gasteiger partial charge in [0.15, 0.2) is 0 Å². The Morgan fingerprint density at radius 2 is 1.91 bits per heavy atom. The zero-order chi connectivity index (χ0) is 16.7. The van der Waals surface area contributed by atoms with E-state index >= 15 is 0 Å². The molecule has 0 amide bonds. The van der Waals surface area contributed by atoms with Crippen molar-refractivity contribution < 1.29 is 8.42 Å². The van der Waals surface area contributed by atoms with E-state index < -0.39 is 10.0 Å². The van der Waals surface area contributed by atoms with Crippen molar-refractivity contribution in [2.24, 2.45) is 11.1 Å². The maximum atomic E-state index is 12.9.